The summed E-state index contributed by atoms with van der Waals surface area (Å²) < 4.78 is 2.14. The summed E-state index contributed by atoms with van der Waals surface area (Å²) >= 11 is 0. The highest BCUT2D eigenvalue weighted by Crippen LogP contribution is 2.12. The Hall–Kier alpha value is -1.28. The Morgan fingerprint density at radius 3 is 2.93 bits per heavy atom. The molecule has 1 aliphatic rings. The molecule has 0 spiro atoms. The van der Waals surface area contributed by atoms with E-state index in [-0.39, 0.29) is 6.10 Å². The summed E-state index contributed by atoms with van der Waals surface area (Å²) in [7, 11) is 0. The second-order valence-corrected chi connectivity index (χ2v) is 3.94. The zero-order valence-corrected chi connectivity index (χ0v) is 9.27. The molecule has 1 unspecified atom stereocenters. The van der Waals surface area contributed by atoms with Crippen LogP contribution in [0.1, 0.15) is 20.3 Å². The van der Waals surface area contributed by atoms with Gasteiger partial charge in [-0.1, -0.05) is 18.2 Å². The number of aromatic nitrogens is 1. The number of hydrogen-bond acceptors (Lipinski definition) is 1. The Balaban J connectivity index is 2.74. The number of nitrogens with zero attached hydrogens (tertiary/aromatic N) is 1. The minimum absolute atomic E-state index is 0.249. The molecule has 0 amide bonds. The summed E-state index contributed by atoms with van der Waals surface area (Å²) in [6.45, 7) is 4.77. The standard InChI is InChI=1S/C13H17NO/c1-3-5-11-8-12(15)9-14-7-6-10(4-2)13(11)14/h3-7,12,15H,8-9H2,1-2H3/b5-3-,10-4-. The number of aliphatic hydroxyl groups is 1. The van der Waals surface area contributed by atoms with Gasteiger partial charge in [-0.05, 0) is 30.7 Å². The van der Waals surface area contributed by atoms with Crippen LogP contribution in [0.4, 0.5) is 0 Å². The van der Waals surface area contributed by atoms with E-state index in [1.54, 1.807) is 0 Å². The van der Waals surface area contributed by atoms with Crippen molar-refractivity contribution in [3.05, 3.63) is 35.0 Å². The maximum atomic E-state index is 9.75. The molecule has 0 aromatic carbocycles. The monoisotopic (exact) mass is 203 g/mol. The second-order valence-electron chi connectivity index (χ2n) is 3.94. The molecule has 2 nitrogen and oxygen atoms in total. The van der Waals surface area contributed by atoms with Gasteiger partial charge in [0, 0.05) is 19.2 Å². The van der Waals surface area contributed by atoms with Crippen LogP contribution in [0.5, 0.6) is 0 Å². The Morgan fingerprint density at radius 1 is 1.47 bits per heavy atom. The summed E-state index contributed by atoms with van der Waals surface area (Å²) in [5.41, 5.74) is 1.23. The molecule has 80 valence electrons. The zero-order valence-electron chi connectivity index (χ0n) is 9.27. The number of hydrogen-bond donors (Lipinski definition) is 1. The van der Waals surface area contributed by atoms with Crippen molar-refractivity contribution in [1.29, 1.82) is 0 Å². The lowest BCUT2D eigenvalue weighted by Crippen LogP contribution is -2.38. The van der Waals surface area contributed by atoms with Crippen LogP contribution in [-0.2, 0) is 6.54 Å². The van der Waals surface area contributed by atoms with Crippen molar-refractivity contribution < 1.29 is 5.11 Å². The topological polar surface area (TPSA) is 25.2 Å². The molecule has 2 heteroatoms. The van der Waals surface area contributed by atoms with Gasteiger partial charge in [0.05, 0.1) is 11.5 Å². The van der Waals surface area contributed by atoms with Crippen LogP contribution in [0, 0.1) is 0 Å². The van der Waals surface area contributed by atoms with E-state index in [1.807, 2.05) is 13.0 Å². The van der Waals surface area contributed by atoms with Crippen LogP contribution >= 0.6 is 0 Å². The summed E-state index contributed by atoms with van der Waals surface area (Å²) in [4.78, 5) is 0. The minimum atomic E-state index is -0.249. The third-order valence-electron chi connectivity index (χ3n) is 2.84. The first-order chi connectivity index (χ1) is 7.26. The molecule has 0 aliphatic carbocycles. The number of fused-ring (bicyclic) bond motifs is 1. The Labute approximate surface area is 89.9 Å². The van der Waals surface area contributed by atoms with Gasteiger partial charge < -0.3 is 9.67 Å². The van der Waals surface area contributed by atoms with Crippen LogP contribution in [-0.4, -0.2) is 15.8 Å². The van der Waals surface area contributed by atoms with Gasteiger partial charge in [-0.3, -0.25) is 0 Å². The summed E-state index contributed by atoms with van der Waals surface area (Å²) in [5.74, 6) is 0. The first-order valence-electron chi connectivity index (χ1n) is 5.41. The van der Waals surface area contributed by atoms with E-state index < -0.39 is 0 Å². The van der Waals surface area contributed by atoms with Crippen LogP contribution in [0.3, 0.4) is 0 Å². The fourth-order valence-corrected chi connectivity index (χ4v) is 2.23. The molecule has 0 radical (unpaired) electrons. The van der Waals surface area contributed by atoms with Crippen molar-refractivity contribution in [3.8, 4) is 0 Å². The van der Waals surface area contributed by atoms with E-state index >= 15 is 0 Å². The van der Waals surface area contributed by atoms with E-state index in [0.29, 0.717) is 6.54 Å². The van der Waals surface area contributed by atoms with E-state index in [2.05, 4.69) is 35.9 Å². The predicted octanol–water partition coefficient (Wildman–Crippen LogP) is 0.780. The van der Waals surface area contributed by atoms with Crippen molar-refractivity contribution in [2.24, 2.45) is 0 Å². The molecule has 2 heterocycles. The lowest BCUT2D eigenvalue weighted by atomic mass is 10.0. The van der Waals surface area contributed by atoms with Crippen LogP contribution in [0.25, 0.3) is 11.6 Å². The highest BCUT2D eigenvalue weighted by molar-refractivity contribution is 5.57. The maximum absolute atomic E-state index is 9.75. The summed E-state index contributed by atoms with van der Waals surface area (Å²) in [5, 5.41) is 12.3. The highest BCUT2D eigenvalue weighted by Gasteiger charge is 2.15. The molecule has 0 fully saturated rings. The average Bonchev–Trinajstić information content (AvgIpc) is 2.61. The summed E-state index contributed by atoms with van der Waals surface area (Å²) in [6, 6.07) is 2.11. The van der Waals surface area contributed by atoms with Crippen molar-refractivity contribution in [2.45, 2.75) is 32.9 Å². The second kappa shape index (κ2) is 4.07. The molecule has 1 aliphatic heterocycles. The molecule has 1 aromatic heterocycles. The Kier molecular flexibility index (Phi) is 2.78. The van der Waals surface area contributed by atoms with Gasteiger partial charge >= 0.3 is 0 Å². The maximum Gasteiger partial charge on any atom is 0.0760 e. The smallest absolute Gasteiger partial charge is 0.0760 e. The van der Waals surface area contributed by atoms with Gasteiger partial charge in [-0.25, -0.2) is 0 Å². The molecule has 1 N–H and O–H groups in total. The third-order valence-corrected chi connectivity index (χ3v) is 2.84. The average molecular weight is 203 g/mol. The molecule has 1 atom stereocenters. The van der Waals surface area contributed by atoms with Gasteiger partial charge in [0.25, 0.3) is 0 Å². The number of rotatable bonds is 1. The molecule has 0 saturated heterocycles. The van der Waals surface area contributed by atoms with E-state index in [1.165, 1.54) is 16.1 Å². The number of aliphatic hydroxyl groups excluding tert-OH is 1. The quantitative estimate of drug-likeness (QED) is 0.717. The summed E-state index contributed by atoms with van der Waals surface area (Å²) in [6.07, 6.45) is 8.81. The molecule has 1 aromatic rings. The van der Waals surface area contributed by atoms with Crippen molar-refractivity contribution in [3.63, 3.8) is 0 Å². The van der Waals surface area contributed by atoms with Crippen LogP contribution in [0.15, 0.2) is 24.4 Å². The Morgan fingerprint density at radius 2 is 2.27 bits per heavy atom. The predicted molar refractivity (Wildman–Crippen MR) is 62.7 cm³/mol. The molecule has 15 heavy (non-hydrogen) atoms. The van der Waals surface area contributed by atoms with Gasteiger partial charge in [0.1, 0.15) is 0 Å². The van der Waals surface area contributed by atoms with E-state index in [0.717, 1.165) is 6.42 Å². The van der Waals surface area contributed by atoms with Gasteiger partial charge in [0.15, 0.2) is 0 Å². The highest BCUT2D eigenvalue weighted by atomic mass is 16.3. The largest absolute Gasteiger partial charge is 0.391 e. The lowest BCUT2D eigenvalue weighted by Gasteiger charge is -2.19. The van der Waals surface area contributed by atoms with Gasteiger partial charge in [-0.2, -0.15) is 0 Å². The third kappa shape index (κ3) is 1.77. The normalized spacial score (nSPS) is 22.5. The van der Waals surface area contributed by atoms with E-state index in [4.69, 9.17) is 0 Å². The lowest BCUT2D eigenvalue weighted by molar-refractivity contribution is 0.153. The molecular weight excluding hydrogens is 186 g/mol. The van der Waals surface area contributed by atoms with Crippen LogP contribution in [0.2, 0.25) is 0 Å². The molecule has 2 rings (SSSR count). The first kappa shape index (κ1) is 10.2. The van der Waals surface area contributed by atoms with Crippen molar-refractivity contribution in [1.82, 2.24) is 4.57 Å². The fourth-order valence-electron chi connectivity index (χ4n) is 2.23. The first-order valence-corrected chi connectivity index (χ1v) is 5.41. The van der Waals surface area contributed by atoms with Crippen molar-refractivity contribution in [2.75, 3.05) is 0 Å². The van der Waals surface area contributed by atoms with Gasteiger partial charge in [-0.15, -0.1) is 0 Å². The van der Waals surface area contributed by atoms with Crippen molar-refractivity contribution >= 4 is 11.6 Å². The minimum Gasteiger partial charge on any atom is -0.391 e. The Bertz CT molecular complexity index is 493. The number of allylic oxidation sites excluding steroid dienone is 2. The van der Waals surface area contributed by atoms with E-state index in [9.17, 15) is 5.11 Å². The SMILES string of the molecule is C/C=C\C1=c2c(=C\C)/ccn2CC(O)C1. The zero-order chi connectivity index (χ0) is 10.8. The molecule has 0 bridgehead atoms. The molecule has 0 saturated carbocycles. The molecular formula is C13H17NO. The van der Waals surface area contributed by atoms with Gasteiger partial charge in [0.2, 0.25) is 0 Å². The fraction of sp³-hybridized carbons (Fsp3) is 0.385. The van der Waals surface area contributed by atoms with Crippen LogP contribution < -0.4 is 10.6 Å².